The van der Waals surface area contributed by atoms with Gasteiger partial charge in [-0.05, 0) is 32.4 Å². The highest BCUT2D eigenvalue weighted by molar-refractivity contribution is 5.88. The molecule has 0 aliphatic carbocycles. The first-order valence-corrected chi connectivity index (χ1v) is 4.71. The van der Waals surface area contributed by atoms with Crippen LogP contribution < -0.4 is 0 Å². The highest BCUT2D eigenvalue weighted by Crippen LogP contribution is 2.17. The quantitative estimate of drug-likeness (QED) is 0.772. The van der Waals surface area contributed by atoms with Crippen LogP contribution in [0.5, 0.6) is 0 Å². The number of carbonyl (C=O) groups is 1. The van der Waals surface area contributed by atoms with Crippen LogP contribution in [0.3, 0.4) is 0 Å². The number of pyridine rings is 1. The largest absolute Gasteiger partial charge is 0.477 e. The molecular weight excluding hydrogens is 192 g/mol. The van der Waals surface area contributed by atoms with Crippen molar-refractivity contribution in [3.05, 3.63) is 34.8 Å². The van der Waals surface area contributed by atoms with Gasteiger partial charge in [0.25, 0.3) is 0 Å². The molecule has 2 rings (SSSR count). The molecule has 0 atom stereocenters. The van der Waals surface area contributed by atoms with E-state index in [-0.39, 0.29) is 5.69 Å². The maximum Gasteiger partial charge on any atom is 0.354 e. The molecule has 0 aliphatic heterocycles. The normalized spacial score (nSPS) is 10.9. The van der Waals surface area contributed by atoms with Crippen LogP contribution in [-0.4, -0.2) is 20.5 Å². The van der Waals surface area contributed by atoms with Crippen molar-refractivity contribution in [2.24, 2.45) is 0 Å². The Balaban J connectivity index is 2.98. The molecule has 2 aromatic heterocycles. The molecule has 0 aromatic carbocycles. The summed E-state index contributed by atoms with van der Waals surface area (Å²) < 4.78 is 1.69. The third kappa shape index (κ3) is 1.29. The summed E-state index contributed by atoms with van der Waals surface area (Å²) in [4.78, 5) is 15.4. The molecule has 78 valence electrons. The fraction of sp³-hybridized carbons (Fsp3) is 0.273. The first-order valence-electron chi connectivity index (χ1n) is 4.71. The van der Waals surface area contributed by atoms with Crippen molar-refractivity contribution in [3.8, 4) is 0 Å². The number of carboxylic acids is 1. The van der Waals surface area contributed by atoms with Crippen molar-refractivity contribution in [1.29, 1.82) is 0 Å². The second-order valence-corrected chi connectivity index (χ2v) is 3.67. The van der Waals surface area contributed by atoms with E-state index in [9.17, 15) is 4.79 Å². The highest BCUT2D eigenvalue weighted by atomic mass is 16.4. The number of hydrogen-bond acceptors (Lipinski definition) is 2. The first-order chi connectivity index (χ1) is 7.02. The third-order valence-electron chi connectivity index (χ3n) is 2.53. The molecule has 0 aliphatic rings. The zero-order valence-electron chi connectivity index (χ0n) is 8.90. The van der Waals surface area contributed by atoms with Crippen LogP contribution in [0.1, 0.15) is 27.4 Å². The minimum absolute atomic E-state index is 0.256. The number of aromatic nitrogens is 2. The van der Waals surface area contributed by atoms with Gasteiger partial charge in [-0.25, -0.2) is 9.78 Å². The van der Waals surface area contributed by atoms with E-state index in [4.69, 9.17) is 5.11 Å². The highest BCUT2D eigenvalue weighted by Gasteiger charge is 2.17. The van der Waals surface area contributed by atoms with Crippen molar-refractivity contribution in [2.75, 3.05) is 0 Å². The molecule has 0 saturated carbocycles. The van der Waals surface area contributed by atoms with Gasteiger partial charge in [0.15, 0.2) is 5.69 Å². The Morgan fingerprint density at radius 3 is 2.60 bits per heavy atom. The average molecular weight is 204 g/mol. The fourth-order valence-electron chi connectivity index (χ4n) is 1.78. The van der Waals surface area contributed by atoms with Gasteiger partial charge < -0.3 is 5.11 Å². The van der Waals surface area contributed by atoms with Gasteiger partial charge in [0.05, 0.1) is 5.69 Å². The van der Waals surface area contributed by atoms with Crippen LogP contribution >= 0.6 is 0 Å². The molecule has 0 radical (unpaired) electrons. The van der Waals surface area contributed by atoms with Crippen LogP contribution in [0.25, 0.3) is 5.65 Å². The summed E-state index contributed by atoms with van der Waals surface area (Å²) in [6.45, 7) is 5.52. The molecule has 0 fully saturated rings. The smallest absolute Gasteiger partial charge is 0.354 e. The zero-order chi connectivity index (χ0) is 11.2. The van der Waals surface area contributed by atoms with Gasteiger partial charge in [0.1, 0.15) is 5.65 Å². The molecule has 4 heteroatoms. The van der Waals surface area contributed by atoms with E-state index in [0.717, 1.165) is 16.9 Å². The number of nitrogens with zero attached hydrogens (tertiary/aromatic N) is 2. The number of rotatable bonds is 1. The molecule has 1 N–H and O–H groups in total. The van der Waals surface area contributed by atoms with Gasteiger partial charge >= 0.3 is 5.97 Å². The second-order valence-electron chi connectivity index (χ2n) is 3.67. The lowest BCUT2D eigenvalue weighted by molar-refractivity contribution is 0.0688. The maximum absolute atomic E-state index is 11.1. The van der Waals surface area contributed by atoms with E-state index < -0.39 is 5.97 Å². The van der Waals surface area contributed by atoms with Crippen molar-refractivity contribution in [3.63, 3.8) is 0 Å². The lowest BCUT2D eigenvalue weighted by Gasteiger charge is -2.04. The minimum atomic E-state index is -0.936. The van der Waals surface area contributed by atoms with E-state index in [1.165, 1.54) is 0 Å². The number of aromatic carboxylic acids is 1. The molecule has 0 unspecified atom stereocenters. The Kier molecular flexibility index (Phi) is 2.00. The molecule has 0 spiro atoms. The van der Waals surface area contributed by atoms with Crippen LogP contribution in [-0.2, 0) is 0 Å². The van der Waals surface area contributed by atoms with Crippen LogP contribution in [0.4, 0.5) is 0 Å². The number of carboxylic acid groups (broad SMARTS) is 1. The topological polar surface area (TPSA) is 54.6 Å². The summed E-state index contributed by atoms with van der Waals surface area (Å²) in [6.07, 6.45) is 0. The molecule has 2 heterocycles. The summed E-state index contributed by atoms with van der Waals surface area (Å²) in [5.41, 5.74) is 3.40. The molecule has 0 saturated heterocycles. The summed E-state index contributed by atoms with van der Waals surface area (Å²) >= 11 is 0. The molecule has 0 bridgehead atoms. The van der Waals surface area contributed by atoms with Crippen molar-refractivity contribution in [2.45, 2.75) is 20.8 Å². The summed E-state index contributed by atoms with van der Waals surface area (Å²) in [5.74, 6) is -0.936. The molecule has 0 amide bonds. The zero-order valence-corrected chi connectivity index (χ0v) is 8.90. The van der Waals surface area contributed by atoms with Crippen LogP contribution in [0.2, 0.25) is 0 Å². The predicted octanol–water partition coefficient (Wildman–Crippen LogP) is 1.96. The second kappa shape index (κ2) is 3.08. The summed E-state index contributed by atoms with van der Waals surface area (Å²) in [5, 5.41) is 9.11. The fourth-order valence-corrected chi connectivity index (χ4v) is 1.78. The van der Waals surface area contributed by atoms with E-state index in [0.29, 0.717) is 5.69 Å². The molecule has 15 heavy (non-hydrogen) atoms. The van der Waals surface area contributed by atoms with Crippen LogP contribution in [0, 0.1) is 20.8 Å². The Morgan fingerprint density at radius 2 is 2.00 bits per heavy atom. The van der Waals surface area contributed by atoms with E-state index in [1.807, 2.05) is 26.0 Å². The number of hydrogen-bond donors (Lipinski definition) is 1. The lowest BCUT2D eigenvalue weighted by Crippen LogP contribution is -2.06. The van der Waals surface area contributed by atoms with Gasteiger partial charge in [0, 0.05) is 5.69 Å². The number of imidazole rings is 1. The monoisotopic (exact) mass is 204 g/mol. The van der Waals surface area contributed by atoms with Gasteiger partial charge in [-0.3, -0.25) is 4.40 Å². The summed E-state index contributed by atoms with van der Waals surface area (Å²) in [7, 11) is 0. The van der Waals surface area contributed by atoms with Crippen LogP contribution in [0.15, 0.2) is 12.1 Å². The van der Waals surface area contributed by atoms with E-state index in [2.05, 4.69) is 4.98 Å². The van der Waals surface area contributed by atoms with Crippen molar-refractivity contribution in [1.82, 2.24) is 9.38 Å². The molecular formula is C11H12N2O2. The maximum atomic E-state index is 11.1. The summed E-state index contributed by atoms with van der Waals surface area (Å²) in [6, 6.07) is 3.85. The number of fused-ring (bicyclic) bond motifs is 1. The number of aryl methyl sites for hydroxylation is 3. The SMILES string of the molecule is Cc1nc2c(C)ccc(C)n2c1C(=O)O. The Morgan fingerprint density at radius 1 is 1.33 bits per heavy atom. The van der Waals surface area contributed by atoms with Crippen molar-refractivity contribution >= 4 is 11.6 Å². The Hall–Kier alpha value is -1.84. The van der Waals surface area contributed by atoms with Crippen molar-refractivity contribution < 1.29 is 9.90 Å². The van der Waals surface area contributed by atoms with Gasteiger partial charge in [0.2, 0.25) is 0 Å². The van der Waals surface area contributed by atoms with Gasteiger partial charge in [-0.1, -0.05) is 6.07 Å². The standard InChI is InChI=1S/C11H12N2O2/c1-6-4-5-7(2)13-9(11(14)15)8(3)12-10(6)13/h4-5H,1-3H3,(H,14,15). The van der Waals surface area contributed by atoms with Gasteiger partial charge in [-0.2, -0.15) is 0 Å². The predicted molar refractivity (Wildman–Crippen MR) is 56.4 cm³/mol. The lowest BCUT2D eigenvalue weighted by atomic mass is 10.2. The van der Waals surface area contributed by atoms with E-state index in [1.54, 1.807) is 11.3 Å². The molecule has 4 nitrogen and oxygen atoms in total. The average Bonchev–Trinajstić information content (AvgIpc) is 2.50. The minimum Gasteiger partial charge on any atom is -0.477 e. The Labute approximate surface area is 87.2 Å². The third-order valence-corrected chi connectivity index (χ3v) is 2.53. The van der Waals surface area contributed by atoms with Gasteiger partial charge in [-0.15, -0.1) is 0 Å². The van der Waals surface area contributed by atoms with E-state index >= 15 is 0 Å². The molecule has 2 aromatic rings. The Bertz CT molecular complexity index is 555. The first kappa shape index (κ1) is 9.71.